The van der Waals surface area contributed by atoms with Crippen molar-refractivity contribution in [1.82, 2.24) is 9.97 Å². The Morgan fingerprint density at radius 2 is 1.14 bits per heavy atom. The van der Waals surface area contributed by atoms with Gasteiger partial charge in [-0.25, -0.2) is 0 Å². The van der Waals surface area contributed by atoms with Crippen LogP contribution < -0.4 is 0 Å². The number of thiophene rings is 2. The van der Waals surface area contributed by atoms with Crippen LogP contribution in [0.1, 0.15) is 27.3 Å². The predicted molar refractivity (Wildman–Crippen MR) is 131 cm³/mol. The van der Waals surface area contributed by atoms with Gasteiger partial charge in [0.1, 0.15) is 0 Å². The molecule has 0 amide bonds. The number of hydrogen-bond donors (Lipinski definition) is 0. The quantitative estimate of drug-likeness (QED) is 0.244. The van der Waals surface area contributed by atoms with Crippen LogP contribution in [0.5, 0.6) is 0 Å². The lowest BCUT2D eigenvalue weighted by Gasteiger charge is -2.40. The number of aromatic nitrogens is 2. The van der Waals surface area contributed by atoms with Crippen molar-refractivity contribution in [2.45, 2.75) is 38.0 Å². The molecule has 0 bridgehead atoms. The maximum absolute atomic E-state index is 15.5. The minimum absolute atomic E-state index is 0.118. The zero-order valence-electron chi connectivity index (χ0n) is 19.0. The van der Waals surface area contributed by atoms with Gasteiger partial charge < -0.3 is 0 Å². The molecule has 10 heteroatoms. The Kier molecular flexibility index (Phi) is 5.87. The number of nitrogens with zero attached hydrogens (tertiary/aromatic N) is 2. The van der Waals surface area contributed by atoms with Crippen LogP contribution in [0.2, 0.25) is 0 Å². The SMILES string of the molecule is Cc1sc(-c2ccncc2)cc1C1=C(c2cc(-c3ccncc3)sc2C)C(F)(F)C(F)(F)C(F)(F)C1. The van der Waals surface area contributed by atoms with Crippen LogP contribution in [0, 0.1) is 13.8 Å². The molecule has 1 aliphatic carbocycles. The van der Waals surface area contributed by atoms with Gasteiger partial charge in [0.2, 0.25) is 0 Å². The van der Waals surface area contributed by atoms with Crippen LogP contribution >= 0.6 is 22.7 Å². The number of rotatable bonds is 4. The number of pyridine rings is 2. The smallest absolute Gasteiger partial charge is 0.265 e. The van der Waals surface area contributed by atoms with E-state index in [9.17, 15) is 17.6 Å². The molecule has 0 N–H and O–H groups in total. The van der Waals surface area contributed by atoms with Crippen molar-refractivity contribution in [3.63, 3.8) is 0 Å². The second-order valence-electron chi connectivity index (χ2n) is 8.52. The Morgan fingerprint density at radius 1 is 0.694 bits per heavy atom. The molecular formula is C26H18F6N2S2. The normalized spacial score (nSPS) is 18.4. The maximum Gasteiger partial charge on any atom is 0.376 e. The first-order valence-electron chi connectivity index (χ1n) is 10.8. The number of aryl methyl sites for hydroxylation is 2. The first-order chi connectivity index (χ1) is 16.9. The van der Waals surface area contributed by atoms with E-state index in [0.29, 0.717) is 25.1 Å². The summed E-state index contributed by atoms with van der Waals surface area (Å²) in [5.41, 5.74) is -0.167. The molecule has 0 fully saturated rings. The molecule has 0 radical (unpaired) electrons. The van der Waals surface area contributed by atoms with Crippen molar-refractivity contribution >= 4 is 33.8 Å². The van der Waals surface area contributed by atoms with E-state index in [1.807, 2.05) is 0 Å². The van der Waals surface area contributed by atoms with Crippen molar-refractivity contribution < 1.29 is 26.3 Å². The molecule has 0 unspecified atom stereocenters. The molecule has 186 valence electrons. The molecule has 1 aliphatic rings. The van der Waals surface area contributed by atoms with Gasteiger partial charge in [-0.2, -0.15) is 26.3 Å². The summed E-state index contributed by atoms with van der Waals surface area (Å²) in [7, 11) is 0. The van der Waals surface area contributed by atoms with Crippen molar-refractivity contribution in [2.75, 3.05) is 0 Å². The zero-order valence-corrected chi connectivity index (χ0v) is 20.6. The van der Waals surface area contributed by atoms with E-state index in [0.717, 1.165) is 16.9 Å². The molecule has 0 aromatic carbocycles. The van der Waals surface area contributed by atoms with E-state index < -0.39 is 35.3 Å². The van der Waals surface area contributed by atoms with Gasteiger partial charge in [-0.05, 0) is 78.1 Å². The summed E-state index contributed by atoms with van der Waals surface area (Å²) >= 11 is 2.35. The fourth-order valence-corrected chi connectivity index (χ4v) is 6.47. The summed E-state index contributed by atoms with van der Waals surface area (Å²) < 4.78 is 89.7. The van der Waals surface area contributed by atoms with Gasteiger partial charge >= 0.3 is 17.8 Å². The maximum atomic E-state index is 15.5. The highest BCUT2D eigenvalue weighted by atomic mass is 32.1. The summed E-state index contributed by atoms with van der Waals surface area (Å²) in [6.07, 6.45) is 4.64. The summed E-state index contributed by atoms with van der Waals surface area (Å²) in [6, 6.07) is 9.63. The van der Waals surface area contributed by atoms with Crippen LogP contribution in [0.3, 0.4) is 0 Å². The third-order valence-corrected chi connectivity index (χ3v) is 8.43. The first kappa shape index (κ1) is 24.7. The highest BCUT2D eigenvalue weighted by Crippen LogP contribution is 2.62. The second kappa shape index (κ2) is 8.55. The van der Waals surface area contributed by atoms with Gasteiger partial charge in [-0.1, -0.05) is 0 Å². The lowest BCUT2D eigenvalue weighted by atomic mass is 9.77. The van der Waals surface area contributed by atoms with E-state index >= 15 is 8.78 Å². The van der Waals surface area contributed by atoms with Crippen LogP contribution in [-0.2, 0) is 0 Å². The number of alkyl halides is 6. The van der Waals surface area contributed by atoms with Gasteiger partial charge in [0.15, 0.2) is 0 Å². The van der Waals surface area contributed by atoms with Crippen molar-refractivity contribution in [2.24, 2.45) is 0 Å². The molecule has 4 heterocycles. The topological polar surface area (TPSA) is 25.8 Å². The number of halogens is 6. The minimum atomic E-state index is -5.55. The average Bonchev–Trinajstić information content (AvgIpc) is 3.41. The minimum Gasteiger partial charge on any atom is -0.265 e. The standard InChI is InChI=1S/C26H18F6N2S2/c1-14-18(11-21(35-14)16-3-7-33-8-4-16)20-13-24(27,28)26(31,32)25(29,30)23(20)19-12-22(36-15(19)2)17-5-9-34-10-6-17/h3-12H,13H2,1-2H3. The van der Waals surface area contributed by atoms with Gasteiger partial charge in [-0.15, -0.1) is 22.7 Å². The van der Waals surface area contributed by atoms with E-state index in [1.54, 1.807) is 43.6 Å². The Labute approximate surface area is 211 Å². The summed E-state index contributed by atoms with van der Waals surface area (Å²) in [6.45, 7) is 3.14. The summed E-state index contributed by atoms with van der Waals surface area (Å²) in [5, 5.41) is 0. The van der Waals surface area contributed by atoms with E-state index in [-0.39, 0.29) is 11.1 Å². The molecule has 0 atom stereocenters. The molecular weight excluding hydrogens is 518 g/mol. The van der Waals surface area contributed by atoms with Crippen LogP contribution in [0.15, 0.2) is 61.2 Å². The molecule has 2 nitrogen and oxygen atoms in total. The first-order valence-corrected chi connectivity index (χ1v) is 12.5. The van der Waals surface area contributed by atoms with Crippen LogP contribution in [0.4, 0.5) is 26.3 Å². The molecule has 4 aromatic rings. The fraction of sp³-hybridized carbons (Fsp3) is 0.231. The molecule has 0 saturated heterocycles. The number of hydrogen-bond acceptors (Lipinski definition) is 4. The van der Waals surface area contributed by atoms with Gasteiger partial charge in [0.05, 0.1) is 0 Å². The molecule has 36 heavy (non-hydrogen) atoms. The molecule has 4 aromatic heterocycles. The Morgan fingerprint density at radius 3 is 1.64 bits per heavy atom. The van der Waals surface area contributed by atoms with Crippen LogP contribution in [-0.4, -0.2) is 27.7 Å². The third-order valence-electron chi connectivity index (χ3n) is 6.23. The summed E-state index contributed by atoms with van der Waals surface area (Å²) in [5.74, 6) is -15.6. The van der Waals surface area contributed by atoms with Crippen LogP contribution in [0.25, 0.3) is 32.0 Å². The highest BCUT2D eigenvalue weighted by Gasteiger charge is 2.75. The molecule has 5 rings (SSSR count). The van der Waals surface area contributed by atoms with Gasteiger partial charge in [-0.3, -0.25) is 9.97 Å². The Bertz CT molecular complexity index is 1460. The largest absolute Gasteiger partial charge is 0.376 e. The second-order valence-corrected chi connectivity index (χ2v) is 11.0. The van der Waals surface area contributed by atoms with E-state index in [1.165, 1.54) is 42.8 Å². The van der Waals surface area contributed by atoms with Crippen molar-refractivity contribution in [3.8, 4) is 20.9 Å². The van der Waals surface area contributed by atoms with Gasteiger partial charge in [0, 0.05) is 56.3 Å². The van der Waals surface area contributed by atoms with Crippen molar-refractivity contribution in [1.29, 1.82) is 0 Å². The summed E-state index contributed by atoms with van der Waals surface area (Å²) in [4.78, 5) is 9.87. The lowest BCUT2D eigenvalue weighted by molar-refractivity contribution is -0.289. The predicted octanol–water partition coefficient (Wildman–Crippen LogP) is 8.77. The monoisotopic (exact) mass is 536 g/mol. The average molecular weight is 537 g/mol. The third kappa shape index (κ3) is 3.78. The van der Waals surface area contributed by atoms with E-state index in [2.05, 4.69) is 9.97 Å². The molecule has 0 spiro atoms. The highest BCUT2D eigenvalue weighted by molar-refractivity contribution is 7.16. The Hall–Kier alpha value is -2.98. The molecule has 0 aliphatic heterocycles. The zero-order chi connectivity index (χ0) is 25.9. The van der Waals surface area contributed by atoms with E-state index in [4.69, 9.17) is 0 Å². The molecule has 0 saturated carbocycles. The fourth-order valence-electron chi connectivity index (χ4n) is 4.39. The van der Waals surface area contributed by atoms with Gasteiger partial charge in [0.25, 0.3) is 0 Å². The number of allylic oxidation sites excluding steroid dienone is 2. The lowest BCUT2D eigenvalue weighted by Crippen LogP contribution is -2.57. The van der Waals surface area contributed by atoms with Crippen molar-refractivity contribution in [3.05, 3.63) is 82.1 Å². The Balaban J connectivity index is 1.78.